The van der Waals surface area contributed by atoms with Crippen LogP contribution >= 0.6 is 11.3 Å². The van der Waals surface area contributed by atoms with Gasteiger partial charge in [-0.3, -0.25) is 19.5 Å². The number of para-hydroxylation sites is 1. The topological polar surface area (TPSA) is 112 Å². The predicted octanol–water partition coefficient (Wildman–Crippen LogP) is 2.57. The number of nitrogens with one attached hydrogen (secondary N) is 3. The molecule has 9 heteroatoms. The van der Waals surface area contributed by atoms with E-state index in [2.05, 4.69) is 21.5 Å². The van der Waals surface area contributed by atoms with Crippen LogP contribution in [0.2, 0.25) is 0 Å². The Labute approximate surface area is 170 Å². The van der Waals surface area contributed by atoms with Crippen molar-refractivity contribution in [1.29, 1.82) is 0 Å². The van der Waals surface area contributed by atoms with E-state index in [1.807, 2.05) is 24.4 Å². The highest BCUT2D eigenvalue weighted by molar-refractivity contribution is 7.17. The van der Waals surface area contributed by atoms with E-state index in [0.717, 1.165) is 16.8 Å². The van der Waals surface area contributed by atoms with E-state index < -0.39 is 5.91 Å². The molecule has 3 heterocycles. The summed E-state index contributed by atoms with van der Waals surface area (Å²) in [6.07, 6.45) is 4.44. The van der Waals surface area contributed by atoms with Crippen LogP contribution in [0.15, 0.2) is 54.9 Å². The second kappa shape index (κ2) is 8.29. The standard InChI is InChI=1S/C20H19N5O3S/c26-19(21-9-7-13-11-22-15-4-2-1-3-14(13)15)12-25-10-8-16(23-25)17-5-6-18(29-17)20(27)24-28/h1-6,8,10-11,22,28H,7,9,12H2,(H,21,26)(H,24,27). The molecule has 0 atom stereocenters. The quantitative estimate of drug-likeness (QED) is 0.278. The van der Waals surface area contributed by atoms with Gasteiger partial charge in [0.05, 0.1) is 9.75 Å². The van der Waals surface area contributed by atoms with Crippen LogP contribution in [0.1, 0.15) is 15.2 Å². The van der Waals surface area contributed by atoms with Gasteiger partial charge in [0.25, 0.3) is 5.91 Å². The number of fused-ring (bicyclic) bond motifs is 1. The van der Waals surface area contributed by atoms with Crippen molar-refractivity contribution in [2.45, 2.75) is 13.0 Å². The number of hydrogen-bond acceptors (Lipinski definition) is 5. The lowest BCUT2D eigenvalue weighted by molar-refractivity contribution is -0.121. The molecule has 1 aromatic carbocycles. The van der Waals surface area contributed by atoms with Crippen molar-refractivity contribution in [1.82, 2.24) is 25.6 Å². The monoisotopic (exact) mass is 409 g/mol. The number of aromatic nitrogens is 3. The van der Waals surface area contributed by atoms with Gasteiger partial charge < -0.3 is 10.3 Å². The first-order valence-corrected chi connectivity index (χ1v) is 9.85. The van der Waals surface area contributed by atoms with Crippen LogP contribution in [-0.2, 0) is 17.8 Å². The van der Waals surface area contributed by atoms with E-state index in [9.17, 15) is 9.59 Å². The molecule has 8 nitrogen and oxygen atoms in total. The third-order valence-corrected chi connectivity index (χ3v) is 5.63. The maximum Gasteiger partial charge on any atom is 0.284 e. The summed E-state index contributed by atoms with van der Waals surface area (Å²) >= 11 is 1.21. The fourth-order valence-electron chi connectivity index (χ4n) is 3.11. The summed E-state index contributed by atoms with van der Waals surface area (Å²) in [5.41, 5.74) is 4.53. The first kappa shape index (κ1) is 18.9. The Balaban J connectivity index is 1.31. The van der Waals surface area contributed by atoms with Crippen molar-refractivity contribution in [3.63, 3.8) is 0 Å². The maximum atomic E-state index is 12.2. The van der Waals surface area contributed by atoms with Crippen LogP contribution in [0.25, 0.3) is 21.5 Å². The van der Waals surface area contributed by atoms with Crippen molar-refractivity contribution < 1.29 is 14.8 Å². The van der Waals surface area contributed by atoms with Crippen LogP contribution in [0.3, 0.4) is 0 Å². The number of aromatic amines is 1. The van der Waals surface area contributed by atoms with Gasteiger partial charge in [-0.1, -0.05) is 18.2 Å². The molecule has 0 saturated carbocycles. The molecule has 0 fully saturated rings. The zero-order chi connectivity index (χ0) is 20.2. The van der Waals surface area contributed by atoms with Crippen molar-refractivity contribution >= 4 is 34.1 Å². The van der Waals surface area contributed by atoms with E-state index in [4.69, 9.17) is 5.21 Å². The average Bonchev–Trinajstić information content (AvgIpc) is 3.47. The lowest BCUT2D eigenvalue weighted by atomic mass is 10.1. The molecular formula is C20H19N5O3S. The molecular weight excluding hydrogens is 390 g/mol. The van der Waals surface area contributed by atoms with Crippen LogP contribution in [0, 0.1) is 0 Å². The molecule has 0 radical (unpaired) electrons. The number of hydroxylamine groups is 1. The largest absolute Gasteiger partial charge is 0.361 e. The normalized spacial score (nSPS) is 10.9. The highest BCUT2D eigenvalue weighted by Crippen LogP contribution is 2.26. The van der Waals surface area contributed by atoms with E-state index in [-0.39, 0.29) is 12.5 Å². The minimum Gasteiger partial charge on any atom is -0.361 e. The number of benzene rings is 1. The van der Waals surface area contributed by atoms with Crippen molar-refractivity contribution in [2.75, 3.05) is 6.54 Å². The van der Waals surface area contributed by atoms with Gasteiger partial charge in [-0.15, -0.1) is 11.3 Å². The number of carbonyl (C=O) groups is 2. The number of hydrogen-bond donors (Lipinski definition) is 4. The van der Waals surface area contributed by atoms with Gasteiger partial charge in [0.2, 0.25) is 5.91 Å². The Hall–Kier alpha value is -3.43. The minimum absolute atomic E-state index is 0.114. The summed E-state index contributed by atoms with van der Waals surface area (Å²) in [6, 6.07) is 13.2. The molecule has 4 N–H and O–H groups in total. The summed E-state index contributed by atoms with van der Waals surface area (Å²) in [4.78, 5) is 28.1. The number of nitrogens with zero attached hydrogens (tertiary/aromatic N) is 2. The van der Waals surface area contributed by atoms with Gasteiger partial charge >= 0.3 is 0 Å². The molecule has 4 aromatic rings. The zero-order valence-electron chi connectivity index (χ0n) is 15.4. The summed E-state index contributed by atoms with van der Waals surface area (Å²) in [6.45, 7) is 0.655. The van der Waals surface area contributed by atoms with Crippen LogP contribution in [0.5, 0.6) is 0 Å². The number of H-pyrrole nitrogens is 1. The fourth-order valence-corrected chi connectivity index (χ4v) is 3.97. The van der Waals surface area contributed by atoms with Gasteiger partial charge in [0.1, 0.15) is 12.2 Å². The SMILES string of the molecule is O=C(Cn1ccc(-c2ccc(C(=O)NO)s2)n1)NCCc1c[nH]c2ccccc12. The molecule has 0 bridgehead atoms. The summed E-state index contributed by atoms with van der Waals surface area (Å²) in [5, 5.41) is 17.2. The lowest BCUT2D eigenvalue weighted by Crippen LogP contribution is -2.29. The van der Waals surface area contributed by atoms with Crippen LogP contribution < -0.4 is 10.8 Å². The average molecular weight is 409 g/mol. The summed E-state index contributed by atoms with van der Waals surface area (Å²) in [5.74, 6) is -0.679. The Bertz CT molecular complexity index is 1160. The van der Waals surface area contributed by atoms with E-state index in [0.29, 0.717) is 17.1 Å². The molecule has 0 saturated heterocycles. The second-order valence-electron chi connectivity index (χ2n) is 6.46. The van der Waals surface area contributed by atoms with Crippen molar-refractivity contribution in [3.8, 4) is 10.6 Å². The maximum absolute atomic E-state index is 12.2. The Morgan fingerprint density at radius 1 is 1.17 bits per heavy atom. The number of rotatable bonds is 7. The summed E-state index contributed by atoms with van der Waals surface area (Å²) in [7, 11) is 0. The Kier molecular flexibility index (Phi) is 5.41. The van der Waals surface area contributed by atoms with Crippen molar-refractivity contribution in [2.24, 2.45) is 0 Å². The van der Waals surface area contributed by atoms with Gasteiger partial charge in [0.15, 0.2) is 0 Å². The van der Waals surface area contributed by atoms with E-state index in [1.54, 1.807) is 34.6 Å². The molecule has 2 amide bonds. The molecule has 29 heavy (non-hydrogen) atoms. The molecule has 0 aliphatic carbocycles. The van der Waals surface area contributed by atoms with Gasteiger partial charge in [-0.2, -0.15) is 5.10 Å². The van der Waals surface area contributed by atoms with Gasteiger partial charge in [-0.25, -0.2) is 5.48 Å². The zero-order valence-corrected chi connectivity index (χ0v) is 16.2. The first-order chi connectivity index (χ1) is 14.1. The predicted molar refractivity (Wildman–Crippen MR) is 110 cm³/mol. The molecule has 148 valence electrons. The first-order valence-electron chi connectivity index (χ1n) is 9.04. The lowest BCUT2D eigenvalue weighted by Gasteiger charge is -2.05. The van der Waals surface area contributed by atoms with Crippen LogP contribution in [0.4, 0.5) is 0 Å². The highest BCUT2D eigenvalue weighted by Gasteiger charge is 2.12. The molecule has 3 aromatic heterocycles. The second-order valence-corrected chi connectivity index (χ2v) is 7.55. The third kappa shape index (κ3) is 4.20. The van der Waals surface area contributed by atoms with E-state index >= 15 is 0 Å². The number of carbonyl (C=O) groups excluding carboxylic acids is 2. The third-order valence-electron chi connectivity index (χ3n) is 4.52. The highest BCUT2D eigenvalue weighted by atomic mass is 32.1. The Morgan fingerprint density at radius 3 is 2.90 bits per heavy atom. The van der Waals surface area contributed by atoms with Crippen molar-refractivity contribution in [3.05, 3.63) is 65.3 Å². The molecule has 0 aliphatic rings. The smallest absolute Gasteiger partial charge is 0.284 e. The fraction of sp³-hybridized carbons (Fsp3) is 0.150. The number of amides is 2. The molecule has 0 unspecified atom stereocenters. The minimum atomic E-state index is -0.560. The molecule has 4 rings (SSSR count). The van der Waals surface area contributed by atoms with E-state index in [1.165, 1.54) is 22.3 Å². The van der Waals surface area contributed by atoms with Gasteiger partial charge in [-0.05, 0) is 36.2 Å². The van der Waals surface area contributed by atoms with Crippen LogP contribution in [-0.4, -0.2) is 38.3 Å². The Morgan fingerprint density at radius 2 is 2.03 bits per heavy atom. The summed E-state index contributed by atoms with van der Waals surface area (Å²) < 4.78 is 1.56. The molecule has 0 spiro atoms. The van der Waals surface area contributed by atoms with Gasteiger partial charge in [0, 0.05) is 29.8 Å². The molecule has 0 aliphatic heterocycles. The number of thiophene rings is 1.